The molecule has 1 atom stereocenters. The third-order valence-corrected chi connectivity index (χ3v) is 5.46. The van der Waals surface area contributed by atoms with Crippen LogP contribution in [0.3, 0.4) is 0 Å². The summed E-state index contributed by atoms with van der Waals surface area (Å²) in [6.45, 7) is 4.48. The van der Waals surface area contributed by atoms with Crippen molar-refractivity contribution in [2.75, 3.05) is 11.9 Å². The van der Waals surface area contributed by atoms with Crippen molar-refractivity contribution in [3.8, 4) is 0 Å². The van der Waals surface area contributed by atoms with Gasteiger partial charge in [0.15, 0.2) is 0 Å². The number of pyridine rings is 1. The molecule has 0 bridgehead atoms. The molecular weight excluding hydrogens is 272 g/mol. The van der Waals surface area contributed by atoms with Crippen molar-refractivity contribution < 1.29 is 4.79 Å². The molecule has 3 rings (SSSR count). The molecule has 3 heteroatoms. The molecule has 1 saturated carbocycles. The molecule has 0 spiro atoms. The Labute approximate surface area is 134 Å². The SMILES string of the molecule is CN(c1ccc2c(n1)CC(C)(C)CC2C=O)C1CCCCC1. The van der Waals surface area contributed by atoms with Crippen LogP contribution in [0.2, 0.25) is 0 Å². The molecule has 1 aromatic rings. The van der Waals surface area contributed by atoms with Crippen LogP contribution in [0.1, 0.15) is 69.5 Å². The van der Waals surface area contributed by atoms with Crippen molar-refractivity contribution in [2.24, 2.45) is 5.41 Å². The fraction of sp³-hybridized carbons (Fsp3) is 0.684. The summed E-state index contributed by atoms with van der Waals surface area (Å²) < 4.78 is 0. The number of aromatic nitrogens is 1. The molecule has 2 aliphatic carbocycles. The molecule has 120 valence electrons. The Morgan fingerprint density at radius 2 is 1.95 bits per heavy atom. The number of rotatable bonds is 3. The summed E-state index contributed by atoms with van der Waals surface area (Å²) in [5.74, 6) is 1.09. The van der Waals surface area contributed by atoms with Crippen LogP contribution in [-0.2, 0) is 11.2 Å². The first-order valence-corrected chi connectivity index (χ1v) is 8.68. The molecule has 1 unspecified atom stereocenters. The number of nitrogens with zero attached hydrogens (tertiary/aromatic N) is 2. The second-order valence-electron chi connectivity index (χ2n) is 7.90. The predicted molar refractivity (Wildman–Crippen MR) is 90.4 cm³/mol. The molecule has 2 aliphatic rings. The predicted octanol–water partition coefficient (Wildman–Crippen LogP) is 4.11. The first-order chi connectivity index (χ1) is 10.5. The second-order valence-corrected chi connectivity index (χ2v) is 7.90. The van der Waals surface area contributed by atoms with E-state index < -0.39 is 0 Å². The molecule has 0 saturated heterocycles. The van der Waals surface area contributed by atoms with Gasteiger partial charge in [0.1, 0.15) is 12.1 Å². The van der Waals surface area contributed by atoms with E-state index in [0.717, 1.165) is 36.2 Å². The van der Waals surface area contributed by atoms with Crippen LogP contribution >= 0.6 is 0 Å². The molecule has 0 amide bonds. The lowest BCUT2D eigenvalue weighted by molar-refractivity contribution is -0.109. The summed E-state index contributed by atoms with van der Waals surface area (Å²) in [6, 6.07) is 4.88. The van der Waals surface area contributed by atoms with Crippen molar-refractivity contribution in [2.45, 2.75) is 70.8 Å². The fourth-order valence-corrected chi connectivity index (χ4v) is 4.18. The van der Waals surface area contributed by atoms with Crippen molar-refractivity contribution in [3.63, 3.8) is 0 Å². The van der Waals surface area contributed by atoms with Crippen LogP contribution in [0.25, 0.3) is 0 Å². The van der Waals surface area contributed by atoms with E-state index in [4.69, 9.17) is 4.98 Å². The van der Waals surface area contributed by atoms with Gasteiger partial charge in [0.05, 0.1) is 0 Å². The number of aldehydes is 1. The van der Waals surface area contributed by atoms with E-state index in [9.17, 15) is 4.79 Å². The standard InChI is InChI=1S/C19H28N2O/c1-19(2)11-14(13-22)16-9-10-18(20-17(16)12-19)21(3)15-7-5-4-6-8-15/h9-10,13-15H,4-8,11-12H2,1-3H3. The monoisotopic (exact) mass is 300 g/mol. The van der Waals surface area contributed by atoms with Gasteiger partial charge >= 0.3 is 0 Å². The largest absolute Gasteiger partial charge is 0.357 e. The molecule has 1 fully saturated rings. The second kappa shape index (κ2) is 6.02. The first kappa shape index (κ1) is 15.5. The summed E-state index contributed by atoms with van der Waals surface area (Å²) in [5, 5.41) is 0. The molecule has 1 heterocycles. The molecule has 0 aliphatic heterocycles. The summed E-state index contributed by atoms with van der Waals surface area (Å²) >= 11 is 0. The van der Waals surface area contributed by atoms with E-state index >= 15 is 0 Å². The van der Waals surface area contributed by atoms with E-state index in [1.54, 1.807) is 0 Å². The van der Waals surface area contributed by atoms with Crippen molar-refractivity contribution in [3.05, 3.63) is 23.4 Å². The topological polar surface area (TPSA) is 33.2 Å². The molecule has 1 aromatic heterocycles. The minimum Gasteiger partial charge on any atom is -0.357 e. The molecular formula is C19H28N2O. The minimum absolute atomic E-state index is 0.0142. The van der Waals surface area contributed by atoms with Crippen LogP contribution in [0.5, 0.6) is 0 Å². The summed E-state index contributed by atoms with van der Waals surface area (Å²) in [7, 11) is 2.18. The number of hydrogen-bond acceptors (Lipinski definition) is 3. The zero-order valence-corrected chi connectivity index (χ0v) is 14.1. The highest BCUT2D eigenvalue weighted by molar-refractivity contribution is 5.64. The van der Waals surface area contributed by atoms with Crippen LogP contribution in [0.4, 0.5) is 5.82 Å². The van der Waals surface area contributed by atoms with Crippen LogP contribution in [0.15, 0.2) is 12.1 Å². The van der Waals surface area contributed by atoms with Gasteiger partial charge < -0.3 is 9.69 Å². The van der Waals surface area contributed by atoms with Gasteiger partial charge in [0, 0.05) is 24.7 Å². The zero-order valence-electron chi connectivity index (χ0n) is 14.1. The van der Waals surface area contributed by atoms with E-state index in [1.807, 2.05) is 0 Å². The Morgan fingerprint density at radius 1 is 1.23 bits per heavy atom. The Morgan fingerprint density at radius 3 is 2.64 bits per heavy atom. The minimum atomic E-state index is 0.0142. The highest BCUT2D eigenvalue weighted by atomic mass is 16.1. The number of fused-ring (bicyclic) bond motifs is 1. The third-order valence-electron chi connectivity index (χ3n) is 5.46. The van der Waals surface area contributed by atoms with Crippen molar-refractivity contribution in [1.82, 2.24) is 4.98 Å². The van der Waals surface area contributed by atoms with Crippen LogP contribution in [0, 0.1) is 5.41 Å². The van der Waals surface area contributed by atoms with E-state index in [-0.39, 0.29) is 11.3 Å². The van der Waals surface area contributed by atoms with Gasteiger partial charge in [-0.25, -0.2) is 4.98 Å². The zero-order chi connectivity index (χ0) is 15.7. The summed E-state index contributed by atoms with van der Waals surface area (Å²) in [5.41, 5.74) is 2.44. The highest BCUT2D eigenvalue weighted by Gasteiger charge is 2.33. The quantitative estimate of drug-likeness (QED) is 0.788. The highest BCUT2D eigenvalue weighted by Crippen LogP contribution is 2.41. The fourth-order valence-electron chi connectivity index (χ4n) is 4.18. The van der Waals surface area contributed by atoms with Gasteiger partial charge in [-0.3, -0.25) is 0 Å². The van der Waals surface area contributed by atoms with Gasteiger partial charge in [-0.15, -0.1) is 0 Å². The normalized spacial score (nSPS) is 24.6. The Kier molecular flexibility index (Phi) is 4.24. The van der Waals surface area contributed by atoms with Crippen molar-refractivity contribution in [1.29, 1.82) is 0 Å². The summed E-state index contributed by atoms with van der Waals surface area (Å²) in [6.07, 6.45) is 9.60. The van der Waals surface area contributed by atoms with Crippen LogP contribution in [-0.4, -0.2) is 24.4 Å². The van der Waals surface area contributed by atoms with Gasteiger partial charge in [0.2, 0.25) is 0 Å². The molecule has 0 radical (unpaired) electrons. The lowest BCUT2D eigenvalue weighted by Gasteiger charge is -2.36. The molecule has 0 aromatic carbocycles. The smallest absolute Gasteiger partial charge is 0.128 e. The summed E-state index contributed by atoms with van der Waals surface area (Å²) in [4.78, 5) is 18.7. The number of carbonyl (C=O) groups is 1. The van der Waals surface area contributed by atoms with Crippen molar-refractivity contribution >= 4 is 12.1 Å². The molecule has 0 N–H and O–H groups in total. The van der Waals surface area contributed by atoms with E-state index in [2.05, 4.69) is 37.9 Å². The Bertz CT molecular complexity index is 546. The van der Waals surface area contributed by atoms with Crippen LogP contribution < -0.4 is 4.90 Å². The van der Waals surface area contributed by atoms with Gasteiger partial charge in [-0.2, -0.15) is 0 Å². The van der Waals surface area contributed by atoms with Gasteiger partial charge in [-0.1, -0.05) is 39.2 Å². The van der Waals surface area contributed by atoms with E-state index in [0.29, 0.717) is 6.04 Å². The maximum atomic E-state index is 11.4. The van der Waals surface area contributed by atoms with Gasteiger partial charge in [-0.05, 0) is 42.7 Å². The number of carbonyl (C=O) groups excluding carboxylic acids is 1. The van der Waals surface area contributed by atoms with E-state index in [1.165, 1.54) is 32.1 Å². The molecule has 22 heavy (non-hydrogen) atoms. The Hall–Kier alpha value is -1.38. The lowest BCUT2D eigenvalue weighted by atomic mass is 9.71. The Balaban J connectivity index is 1.87. The van der Waals surface area contributed by atoms with Gasteiger partial charge in [0.25, 0.3) is 0 Å². The first-order valence-electron chi connectivity index (χ1n) is 8.68. The number of anilines is 1. The maximum Gasteiger partial charge on any atom is 0.128 e. The molecule has 3 nitrogen and oxygen atoms in total. The third kappa shape index (κ3) is 3.04. The average Bonchev–Trinajstić information content (AvgIpc) is 2.52. The average molecular weight is 300 g/mol. The number of hydrogen-bond donors (Lipinski definition) is 0. The maximum absolute atomic E-state index is 11.4. The lowest BCUT2D eigenvalue weighted by Crippen LogP contribution is -2.35.